The molecular weight excluding hydrogens is 280 g/mol. The van der Waals surface area contributed by atoms with Crippen LogP contribution in [0.4, 0.5) is 0 Å². The largest absolute Gasteiger partial charge is 0.507 e. The first-order chi connectivity index (χ1) is 10.3. The van der Waals surface area contributed by atoms with Crippen molar-refractivity contribution in [3.63, 3.8) is 0 Å². The molecule has 2 N–H and O–H groups in total. The van der Waals surface area contributed by atoms with Crippen LogP contribution in [0.3, 0.4) is 0 Å². The average Bonchev–Trinajstić information content (AvgIpc) is 2.50. The van der Waals surface area contributed by atoms with Crippen molar-refractivity contribution in [2.45, 2.75) is 0 Å². The minimum Gasteiger partial charge on any atom is -0.507 e. The molecule has 2 aromatic rings. The van der Waals surface area contributed by atoms with E-state index in [4.69, 9.17) is 0 Å². The maximum Gasteiger partial charge on any atom is 0.131 e. The summed E-state index contributed by atoms with van der Waals surface area (Å²) in [5, 5.41) is 19.1. The van der Waals surface area contributed by atoms with Gasteiger partial charge in [-0.15, -0.1) is 11.8 Å². The first-order valence-electron chi connectivity index (χ1n) is 6.39. The molecule has 0 bridgehead atoms. The van der Waals surface area contributed by atoms with E-state index in [-0.39, 0.29) is 11.5 Å². The molecular formula is C18H14O2S. The molecule has 2 nitrogen and oxygen atoms in total. The molecule has 2 aromatic carbocycles. The minimum absolute atomic E-state index is 0.203. The number of thioether (sulfide) groups is 1. The smallest absolute Gasteiger partial charge is 0.131 e. The zero-order chi connectivity index (χ0) is 14.9. The summed E-state index contributed by atoms with van der Waals surface area (Å²) in [5.41, 5.74) is 1.27. The van der Waals surface area contributed by atoms with Gasteiger partial charge in [-0.25, -0.2) is 0 Å². The van der Waals surface area contributed by atoms with Crippen LogP contribution in [0.1, 0.15) is 11.1 Å². The van der Waals surface area contributed by atoms with Crippen LogP contribution in [0.5, 0.6) is 11.5 Å². The molecule has 3 heteroatoms. The Balaban J connectivity index is 1.80. The van der Waals surface area contributed by atoms with Gasteiger partial charge in [-0.05, 0) is 24.3 Å². The molecule has 0 aromatic heterocycles. The first kappa shape index (κ1) is 14.9. The van der Waals surface area contributed by atoms with Gasteiger partial charge >= 0.3 is 0 Å². The van der Waals surface area contributed by atoms with Gasteiger partial charge in [-0.1, -0.05) is 47.9 Å². The molecule has 0 aliphatic heterocycles. The summed E-state index contributed by atoms with van der Waals surface area (Å²) in [6.07, 6.45) is 0. The fourth-order valence-corrected chi connectivity index (χ4v) is 2.02. The number of para-hydroxylation sites is 2. The number of hydrogen-bond acceptors (Lipinski definition) is 3. The van der Waals surface area contributed by atoms with E-state index in [2.05, 4.69) is 23.7 Å². The van der Waals surface area contributed by atoms with Crippen molar-refractivity contribution >= 4 is 11.8 Å². The van der Waals surface area contributed by atoms with E-state index in [1.54, 1.807) is 48.2 Å². The second-order valence-corrected chi connectivity index (χ2v) is 5.12. The average molecular weight is 294 g/mol. The lowest BCUT2D eigenvalue weighted by Gasteiger charge is -1.94. The Kier molecular flexibility index (Phi) is 5.64. The van der Waals surface area contributed by atoms with Crippen LogP contribution in [0.25, 0.3) is 0 Å². The lowest BCUT2D eigenvalue weighted by atomic mass is 10.2. The Morgan fingerprint density at radius 3 is 1.57 bits per heavy atom. The summed E-state index contributed by atoms with van der Waals surface area (Å²) in [6, 6.07) is 14.0. The molecule has 0 spiro atoms. The van der Waals surface area contributed by atoms with E-state index in [0.717, 1.165) is 0 Å². The Labute approximate surface area is 128 Å². The van der Waals surface area contributed by atoms with Crippen molar-refractivity contribution in [3.8, 4) is 35.2 Å². The third-order valence-corrected chi connectivity index (χ3v) is 3.30. The minimum atomic E-state index is 0.203. The van der Waals surface area contributed by atoms with Gasteiger partial charge in [0.05, 0.1) is 22.6 Å². The summed E-state index contributed by atoms with van der Waals surface area (Å²) in [4.78, 5) is 0. The van der Waals surface area contributed by atoms with E-state index in [0.29, 0.717) is 22.6 Å². The van der Waals surface area contributed by atoms with Gasteiger partial charge in [-0.3, -0.25) is 0 Å². The van der Waals surface area contributed by atoms with Crippen molar-refractivity contribution in [1.29, 1.82) is 0 Å². The molecule has 21 heavy (non-hydrogen) atoms. The number of phenolic OH excluding ortho intramolecular Hbond substituents is 2. The monoisotopic (exact) mass is 294 g/mol. The molecule has 0 heterocycles. The van der Waals surface area contributed by atoms with Gasteiger partial charge in [-0.2, -0.15) is 0 Å². The van der Waals surface area contributed by atoms with Crippen LogP contribution in [0.15, 0.2) is 48.5 Å². The Hall–Kier alpha value is -2.49. The van der Waals surface area contributed by atoms with E-state index < -0.39 is 0 Å². The van der Waals surface area contributed by atoms with E-state index >= 15 is 0 Å². The van der Waals surface area contributed by atoms with Gasteiger partial charge in [0.2, 0.25) is 0 Å². The normalized spacial score (nSPS) is 9.14. The SMILES string of the molecule is Oc1ccccc1C#CCSCC#Cc1ccccc1O. The molecule has 2 rings (SSSR count). The molecule has 104 valence electrons. The molecule has 0 amide bonds. The van der Waals surface area contributed by atoms with Crippen molar-refractivity contribution in [2.24, 2.45) is 0 Å². The predicted molar refractivity (Wildman–Crippen MR) is 87.3 cm³/mol. The van der Waals surface area contributed by atoms with Crippen LogP contribution in [0.2, 0.25) is 0 Å². The summed E-state index contributed by atoms with van der Waals surface area (Å²) >= 11 is 1.59. The lowest BCUT2D eigenvalue weighted by Crippen LogP contribution is -1.79. The molecule has 0 saturated carbocycles. The molecule has 0 aliphatic rings. The van der Waals surface area contributed by atoms with Crippen molar-refractivity contribution in [1.82, 2.24) is 0 Å². The first-order valence-corrected chi connectivity index (χ1v) is 7.54. The van der Waals surface area contributed by atoms with Gasteiger partial charge < -0.3 is 10.2 Å². The quantitative estimate of drug-likeness (QED) is 0.660. The highest BCUT2D eigenvalue weighted by atomic mass is 32.2. The number of hydrogen-bond donors (Lipinski definition) is 2. The van der Waals surface area contributed by atoms with Gasteiger partial charge in [0, 0.05) is 0 Å². The number of rotatable bonds is 2. The zero-order valence-electron chi connectivity index (χ0n) is 11.3. The zero-order valence-corrected chi connectivity index (χ0v) is 12.2. The molecule has 0 unspecified atom stereocenters. The lowest BCUT2D eigenvalue weighted by molar-refractivity contribution is 0.473. The third-order valence-electron chi connectivity index (χ3n) is 2.60. The summed E-state index contributed by atoms with van der Waals surface area (Å²) < 4.78 is 0. The van der Waals surface area contributed by atoms with Crippen molar-refractivity contribution in [3.05, 3.63) is 59.7 Å². The molecule has 0 radical (unpaired) electrons. The Morgan fingerprint density at radius 2 is 1.14 bits per heavy atom. The standard InChI is InChI=1S/C18H14O2S/c19-17-11-3-1-7-15(17)9-5-13-21-14-6-10-16-8-2-4-12-18(16)20/h1-4,7-8,11-12,19-20H,13-14H2. The van der Waals surface area contributed by atoms with Crippen LogP contribution in [0, 0.1) is 23.7 Å². The van der Waals surface area contributed by atoms with Crippen molar-refractivity contribution in [2.75, 3.05) is 11.5 Å². The van der Waals surface area contributed by atoms with Crippen LogP contribution >= 0.6 is 11.8 Å². The molecule has 0 aliphatic carbocycles. The Morgan fingerprint density at radius 1 is 0.714 bits per heavy atom. The van der Waals surface area contributed by atoms with E-state index in [1.165, 1.54) is 0 Å². The summed E-state index contributed by atoms with van der Waals surface area (Å²) in [7, 11) is 0. The molecule has 0 fully saturated rings. The maximum absolute atomic E-state index is 9.55. The second-order valence-electron chi connectivity index (χ2n) is 4.13. The number of benzene rings is 2. The highest BCUT2D eigenvalue weighted by Gasteiger charge is 1.93. The van der Waals surface area contributed by atoms with Gasteiger partial charge in [0.1, 0.15) is 11.5 Å². The van der Waals surface area contributed by atoms with E-state index in [1.807, 2.05) is 12.1 Å². The van der Waals surface area contributed by atoms with Gasteiger partial charge in [0.15, 0.2) is 0 Å². The number of aromatic hydroxyl groups is 2. The van der Waals surface area contributed by atoms with Crippen LogP contribution in [-0.4, -0.2) is 21.7 Å². The highest BCUT2D eigenvalue weighted by molar-refractivity contribution is 7.99. The predicted octanol–water partition coefficient (Wildman–Crippen LogP) is 3.23. The van der Waals surface area contributed by atoms with Crippen molar-refractivity contribution < 1.29 is 10.2 Å². The van der Waals surface area contributed by atoms with Gasteiger partial charge in [0.25, 0.3) is 0 Å². The second kappa shape index (κ2) is 7.94. The number of phenols is 2. The van der Waals surface area contributed by atoms with Crippen LogP contribution in [-0.2, 0) is 0 Å². The fraction of sp³-hybridized carbons (Fsp3) is 0.111. The van der Waals surface area contributed by atoms with Crippen LogP contribution < -0.4 is 0 Å². The Bertz CT molecular complexity index is 666. The topological polar surface area (TPSA) is 40.5 Å². The molecule has 0 atom stereocenters. The van der Waals surface area contributed by atoms with E-state index in [9.17, 15) is 10.2 Å². The summed E-state index contributed by atoms with van der Waals surface area (Å²) in [5.74, 6) is 13.5. The fourth-order valence-electron chi connectivity index (χ4n) is 1.57. The highest BCUT2D eigenvalue weighted by Crippen LogP contribution is 2.14. The maximum atomic E-state index is 9.55. The summed E-state index contributed by atoms with van der Waals surface area (Å²) in [6.45, 7) is 0. The molecule has 0 saturated heterocycles. The third kappa shape index (κ3) is 4.84.